The summed E-state index contributed by atoms with van der Waals surface area (Å²) in [7, 11) is 0. The van der Waals surface area contributed by atoms with Crippen molar-refractivity contribution < 1.29 is 19.4 Å². The highest BCUT2D eigenvalue weighted by molar-refractivity contribution is 5.95. The standard InChI is InChI=1S/C16H23NO4/c1-2-16(19)13-3-5-15(6-4-13)21-12-14(18)11-17-7-9-20-10-8-17/h3-6,14,18H,2,7-12H2,1H3/t14-/m1/s1. The van der Waals surface area contributed by atoms with E-state index in [4.69, 9.17) is 9.47 Å². The van der Waals surface area contributed by atoms with Crippen LogP contribution in [0.1, 0.15) is 23.7 Å². The van der Waals surface area contributed by atoms with Gasteiger partial charge in [-0.05, 0) is 24.3 Å². The van der Waals surface area contributed by atoms with E-state index in [0.717, 1.165) is 26.3 Å². The molecule has 1 aromatic carbocycles. The Hall–Kier alpha value is -1.43. The van der Waals surface area contributed by atoms with Gasteiger partial charge in [0.25, 0.3) is 0 Å². The molecule has 0 spiro atoms. The molecule has 0 unspecified atom stereocenters. The largest absolute Gasteiger partial charge is 0.491 e. The van der Waals surface area contributed by atoms with Gasteiger partial charge in [0.2, 0.25) is 0 Å². The van der Waals surface area contributed by atoms with Crippen LogP contribution in [-0.4, -0.2) is 61.3 Å². The number of hydrogen-bond donors (Lipinski definition) is 1. The molecule has 0 bridgehead atoms. The Morgan fingerprint density at radius 2 is 2.00 bits per heavy atom. The van der Waals surface area contributed by atoms with E-state index in [1.165, 1.54) is 0 Å². The molecule has 2 rings (SSSR count). The van der Waals surface area contributed by atoms with Gasteiger partial charge < -0.3 is 14.6 Å². The monoisotopic (exact) mass is 293 g/mol. The van der Waals surface area contributed by atoms with E-state index in [1.54, 1.807) is 24.3 Å². The Bertz CT molecular complexity index is 440. The molecule has 0 saturated carbocycles. The van der Waals surface area contributed by atoms with E-state index < -0.39 is 6.10 Å². The zero-order valence-corrected chi connectivity index (χ0v) is 12.5. The van der Waals surface area contributed by atoms with Crippen molar-refractivity contribution in [2.45, 2.75) is 19.4 Å². The number of hydrogen-bond acceptors (Lipinski definition) is 5. The molecule has 116 valence electrons. The zero-order valence-electron chi connectivity index (χ0n) is 12.5. The van der Waals surface area contributed by atoms with Crippen LogP contribution in [0, 0.1) is 0 Å². The first-order valence-corrected chi connectivity index (χ1v) is 7.43. The van der Waals surface area contributed by atoms with E-state index in [2.05, 4.69) is 4.90 Å². The molecule has 1 aliphatic heterocycles. The zero-order chi connectivity index (χ0) is 15.1. The Balaban J connectivity index is 1.75. The van der Waals surface area contributed by atoms with Crippen LogP contribution >= 0.6 is 0 Å². The third kappa shape index (κ3) is 5.12. The molecule has 1 saturated heterocycles. The molecule has 1 fully saturated rings. The predicted molar refractivity (Wildman–Crippen MR) is 79.8 cm³/mol. The second kappa shape index (κ2) is 8.12. The van der Waals surface area contributed by atoms with Crippen molar-refractivity contribution in [3.8, 4) is 5.75 Å². The lowest BCUT2D eigenvalue weighted by atomic mass is 10.1. The smallest absolute Gasteiger partial charge is 0.162 e. The topological polar surface area (TPSA) is 59.0 Å². The number of benzene rings is 1. The molecule has 1 atom stereocenters. The number of rotatable bonds is 7. The van der Waals surface area contributed by atoms with Crippen LogP contribution in [-0.2, 0) is 4.74 Å². The number of morpholine rings is 1. The van der Waals surface area contributed by atoms with Crippen molar-refractivity contribution in [2.24, 2.45) is 0 Å². The fraction of sp³-hybridized carbons (Fsp3) is 0.562. The lowest BCUT2D eigenvalue weighted by Crippen LogP contribution is -2.42. The summed E-state index contributed by atoms with van der Waals surface area (Å²) in [6, 6.07) is 7.06. The summed E-state index contributed by atoms with van der Waals surface area (Å²) in [5, 5.41) is 9.98. The van der Waals surface area contributed by atoms with Crippen LogP contribution in [0.4, 0.5) is 0 Å². The summed E-state index contributed by atoms with van der Waals surface area (Å²) < 4.78 is 10.8. The maximum Gasteiger partial charge on any atom is 0.162 e. The molecule has 1 N–H and O–H groups in total. The molecule has 5 heteroatoms. The molecule has 1 heterocycles. The Morgan fingerprint density at radius 1 is 1.33 bits per heavy atom. The molecular formula is C16H23NO4. The van der Waals surface area contributed by atoms with Crippen LogP contribution in [0.2, 0.25) is 0 Å². The highest BCUT2D eigenvalue weighted by Crippen LogP contribution is 2.14. The molecule has 0 aromatic heterocycles. The average Bonchev–Trinajstić information content (AvgIpc) is 2.53. The summed E-state index contributed by atoms with van der Waals surface area (Å²) in [4.78, 5) is 13.7. The Kier molecular flexibility index (Phi) is 6.17. The lowest BCUT2D eigenvalue weighted by molar-refractivity contribution is 0.00465. The van der Waals surface area contributed by atoms with E-state index in [9.17, 15) is 9.90 Å². The van der Waals surface area contributed by atoms with E-state index >= 15 is 0 Å². The molecule has 1 aromatic rings. The van der Waals surface area contributed by atoms with Crippen LogP contribution in [0.15, 0.2) is 24.3 Å². The first-order chi connectivity index (χ1) is 10.2. The average molecular weight is 293 g/mol. The second-order valence-electron chi connectivity index (χ2n) is 5.18. The van der Waals surface area contributed by atoms with Gasteiger partial charge in [0.1, 0.15) is 18.5 Å². The normalized spacial score (nSPS) is 17.4. The minimum absolute atomic E-state index is 0.119. The van der Waals surface area contributed by atoms with E-state index in [-0.39, 0.29) is 12.4 Å². The maximum absolute atomic E-state index is 11.5. The van der Waals surface area contributed by atoms with Crippen LogP contribution in [0.5, 0.6) is 5.75 Å². The fourth-order valence-electron chi connectivity index (χ4n) is 2.27. The van der Waals surface area contributed by atoms with Gasteiger partial charge in [-0.15, -0.1) is 0 Å². The van der Waals surface area contributed by atoms with Gasteiger partial charge in [0.05, 0.1) is 13.2 Å². The van der Waals surface area contributed by atoms with Gasteiger partial charge in [-0.2, -0.15) is 0 Å². The Morgan fingerprint density at radius 3 is 2.62 bits per heavy atom. The number of carbonyl (C=O) groups excluding carboxylic acids is 1. The van der Waals surface area contributed by atoms with Gasteiger partial charge in [-0.1, -0.05) is 6.92 Å². The number of aliphatic hydroxyl groups excluding tert-OH is 1. The van der Waals surface area contributed by atoms with Crippen molar-refractivity contribution in [3.63, 3.8) is 0 Å². The van der Waals surface area contributed by atoms with Crippen LogP contribution in [0.25, 0.3) is 0 Å². The van der Waals surface area contributed by atoms with Gasteiger partial charge in [-0.25, -0.2) is 0 Å². The predicted octanol–water partition coefficient (Wildman–Crippen LogP) is 1.35. The first kappa shape index (κ1) is 15.9. The number of carbonyl (C=O) groups is 1. The minimum atomic E-state index is -0.528. The lowest BCUT2D eigenvalue weighted by Gasteiger charge is -2.28. The number of aliphatic hydroxyl groups is 1. The second-order valence-corrected chi connectivity index (χ2v) is 5.18. The number of ketones is 1. The Labute approximate surface area is 125 Å². The maximum atomic E-state index is 11.5. The summed E-state index contributed by atoms with van der Waals surface area (Å²) >= 11 is 0. The van der Waals surface area contributed by atoms with Crippen LogP contribution < -0.4 is 4.74 Å². The van der Waals surface area contributed by atoms with E-state index in [1.807, 2.05) is 6.92 Å². The van der Waals surface area contributed by atoms with Crippen molar-refractivity contribution >= 4 is 5.78 Å². The molecule has 0 aliphatic carbocycles. The quantitative estimate of drug-likeness (QED) is 0.769. The number of β-amino-alcohol motifs (C(OH)–C–C–N with tert-alkyl or cyclic N) is 1. The van der Waals surface area contributed by atoms with Gasteiger partial charge in [0.15, 0.2) is 5.78 Å². The number of ether oxygens (including phenoxy) is 2. The highest BCUT2D eigenvalue weighted by Gasteiger charge is 2.15. The summed E-state index contributed by atoms with van der Waals surface area (Å²) in [5.41, 5.74) is 0.693. The SMILES string of the molecule is CCC(=O)c1ccc(OC[C@H](O)CN2CCOCC2)cc1. The van der Waals surface area contributed by atoms with Crippen molar-refractivity contribution in [3.05, 3.63) is 29.8 Å². The highest BCUT2D eigenvalue weighted by atomic mass is 16.5. The van der Waals surface area contributed by atoms with Crippen molar-refractivity contribution in [1.82, 2.24) is 4.90 Å². The molecule has 5 nitrogen and oxygen atoms in total. The van der Waals surface area contributed by atoms with Gasteiger partial charge >= 0.3 is 0 Å². The summed E-state index contributed by atoms with van der Waals surface area (Å²) in [6.07, 6.45) is -0.0293. The molecule has 0 amide bonds. The molecular weight excluding hydrogens is 270 g/mol. The molecule has 21 heavy (non-hydrogen) atoms. The van der Waals surface area contributed by atoms with E-state index in [0.29, 0.717) is 24.3 Å². The molecule has 0 radical (unpaired) electrons. The van der Waals surface area contributed by atoms with Gasteiger partial charge in [0, 0.05) is 31.6 Å². The number of Topliss-reactive ketones (excluding diaryl/α,β-unsaturated/α-hetero) is 1. The third-order valence-corrected chi connectivity index (χ3v) is 3.51. The van der Waals surface area contributed by atoms with Crippen LogP contribution in [0.3, 0.4) is 0 Å². The van der Waals surface area contributed by atoms with Crippen molar-refractivity contribution in [2.75, 3.05) is 39.5 Å². The summed E-state index contributed by atoms with van der Waals surface area (Å²) in [6.45, 7) is 5.83. The fourth-order valence-corrected chi connectivity index (χ4v) is 2.27. The summed E-state index contributed by atoms with van der Waals surface area (Å²) in [5.74, 6) is 0.789. The third-order valence-electron chi connectivity index (χ3n) is 3.51. The molecule has 1 aliphatic rings. The van der Waals surface area contributed by atoms with Gasteiger partial charge in [-0.3, -0.25) is 9.69 Å². The number of nitrogens with zero attached hydrogens (tertiary/aromatic N) is 1. The first-order valence-electron chi connectivity index (χ1n) is 7.43. The minimum Gasteiger partial charge on any atom is -0.491 e. The van der Waals surface area contributed by atoms with Crippen molar-refractivity contribution in [1.29, 1.82) is 0 Å².